The summed E-state index contributed by atoms with van der Waals surface area (Å²) in [6.45, 7) is 10.6. The zero-order valence-electron chi connectivity index (χ0n) is 33.9. The van der Waals surface area contributed by atoms with E-state index in [0.29, 0.717) is 12.0 Å². The molecule has 3 aliphatic rings. The lowest BCUT2D eigenvalue weighted by molar-refractivity contribution is 0.224. The van der Waals surface area contributed by atoms with Gasteiger partial charge in [0.05, 0.1) is 27.4 Å². The van der Waals surface area contributed by atoms with Gasteiger partial charge in [-0.15, -0.1) is 0 Å². The SMILES string of the molecule is CCCc1cc(C2C=C(CN3CCC(N(Cc4cncc(-c5cc(OC)c(OC)c(C6CC6)c5)c4)c4ccc(C)cc4)CC3)C=CN2)cc(OC)c1CCC. The Balaban J connectivity index is 1.06. The predicted molar refractivity (Wildman–Crippen MR) is 226 cm³/mol. The minimum atomic E-state index is 0.137. The van der Waals surface area contributed by atoms with Gasteiger partial charge in [-0.3, -0.25) is 9.88 Å². The Hall–Kier alpha value is -4.75. The Morgan fingerprint density at radius 1 is 0.818 bits per heavy atom. The van der Waals surface area contributed by atoms with Crippen LogP contribution in [-0.2, 0) is 19.4 Å². The van der Waals surface area contributed by atoms with Crippen LogP contribution in [0.2, 0.25) is 0 Å². The van der Waals surface area contributed by atoms with Gasteiger partial charge in [-0.05, 0) is 133 Å². The summed E-state index contributed by atoms with van der Waals surface area (Å²) in [4.78, 5) is 10.0. The van der Waals surface area contributed by atoms with Crippen LogP contribution in [0.25, 0.3) is 11.1 Å². The van der Waals surface area contributed by atoms with Crippen LogP contribution in [0, 0.1) is 6.92 Å². The molecule has 3 heterocycles. The number of nitrogens with one attached hydrogen (secondary N) is 1. The second-order valence-electron chi connectivity index (χ2n) is 15.7. The molecule has 0 amide bonds. The average Bonchev–Trinajstić information content (AvgIpc) is 4.07. The Bertz CT molecular complexity index is 1970. The van der Waals surface area contributed by atoms with Gasteiger partial charge in [0, 0.05) is 61.4 Å². The van der Waals surface area contributed by atoms with E-state index in [9.17, 15) is 0 Å². The van der Waals surface area contributed by atoms with E-state index in [4.69, 9.17) is 19.2 Å². The molecule has 3 aromatic carbocycles. The van der Waals surface area contributed by atoms with Crippen LogP contribution in [0.15, 0.2) is 90.9 Å². The molecule has 290 valence electrons. The third-order valence-electron chi connectivity index (χ3n) is 11.7. The maximum Gasteiger partial charge on any atom is 0.164 e. The van der Waals surface area contributed by atoms with E-state index in [2.05, 4.69) is 109 Å². The maximum atomic E-state index is 5.93. The first-order valence-corrected chi connectivity index (χ1v) is 20.5. The third kappa shape index (κ3) is 9.05. The van der Waals surface area contributed by atoms with Gasteiger partial charge in [-0.1, -0.05) is 56.5 Å². The van der Waals surface area contributed by atoms with Gasteiger partial charge in [0.15, 0.2) is 11.5 Å². The van der Waals surface area contributed by atoms with Crippen molar-refractivity contribution in [3.8, 4) is 28.4 Å². The number of benzene rings is 3. The summed E-state index contributed by atoms with van der Waals surface area (Å²) in [5.41, 5.74) is 12.7. The van der Waals surface area contributed by atoms with Gasteiger partial charge < -0.3 is 24.4 Å². The molecule has 4 aromatic rings. The van der Waals surface area contributed by atoms with Gasteiger partial charge in [-0.2, -0.15) is 0 Å². The van der Waals surface area contributed by atoms with Crippen molar-refractivity contribution in [2.75, 3.05) is 45.9 Å². The minimum absolute atomic E-state index is 0.137. The fraction of sp³-hybridized carbons (Fsp3) is 0.438. The monoisotopic (exact) mass is 740 g/mol. The highest BCUT2D eigenvalue weighted by Gasteiger charge is 2.30. The van der Waals surface area contributed by atoms with Crippen molar-refractivity contribution >= 4 is 5.69 Å². The molecule has 0 spiro atoms. The molecule has 0 radical (unpaired) electrons. The van der Waals surface area contributed by atoms with E-state index in [0.717, 1.165) is 93.1 Å². The number of aromatic nitrogens is 1. The number of ether oxygens (including phenoxy) is 3. The molecule has 1 saturated carbocycles. The molecule has 7 nitrogen and oxygen atoms in total. The predicted octanol–water partition coefficient (Wildman–Crippen LogP) is 10.1. The van der Waals surface area contributed by atoms with Crippen molar-refractivity contribution in [1.82, 2.24) is 15.2 Å². The summed E-state index contributed by atoms with van der Waals surface area (Å²) in [5, 5.41) is 3.62. The maximum absolute atomic E-state index is 5.93. The van der Waals surface area contributed by atoms with Crippen LogP contribution in [0.4, 0.5) is 5.69 Å². The first kappa shape index (κ1) is 38.5. The summed E-state index contributed by atoms with van der Waals surface area (Å²) in [7, 11) is 5.27. The molecule has 2 fully saturated rings. The van der Waals surface area contributed by atoms with Crippen molar-refractivity contribution < 1.29 is 14.2 Å². The number of likely N-dealkylation sites (tertiary alicyclic amines) is 1. The number of methoxy groups -OCH3 is 3. The largest absolute Gasteiger partial charge is 0.496 e. The summed E-state index contributed by atoms with van der Waals surface area (Å²) >= 11 is 0. The van der Waals surface area contributed by atoms with E-state index in [1.54, 1.807) is 14.2 Å². The molecule has 1 saturated heterocycles. The van der Waals surface area contributed by atoms with Crippen LogP contribution in [-0.4, -0.2) is 56.9 Å². The van der Waals surface area contributed by atoms with Gasteiger partial charge >= 0.3 is 0 Å². The van der Waals surface area contributed by atoms with E-state index in [1.807, 2.05) is 19.5 Å². The number of dihydropyridines is 1. The van der Waals surface area contributed by atoms with Crippen molar-refractivity contribution in [2.24, 2.45) is 0 Å². The molecular weight excluding hydrogens is 681 g/mol. The van der Waals surface area contributed by atoms with E-state index >= 15 is 0 Å². The first-order chi connectivity index (χ1) is 26.9. The number of hydrogen-bond acceptors (Lipinski definition) is 7. The standard InChI is InChI=1S/C48H60N4O3/c1-7-9-37-25-39(28-46(53-4)43(37)10-8-2)45-24-34(17-20-50-45)31-51-21-18-42(19-22-51)52(41-15-11-33(3)12-16-41)32-35-23-40(30-49-29-35)38-26-44(36-13-14-36)48(55-6)47(27-38)54-5/h11-12,15-17,20,23-30,36,42,45,50H,7-10,13-14,18-19,21-22,31-32H2,1-6H3. The molecule has 1 N–H and O–H groups in total. The lowest BCUT2D eigenvalue weighted by atomic mass is 9.92. The minimum Gasteiger partial charge on any atom is -0.496 e. The molecule has 1 atom stereocenters. The topological polar surface area (TPSA) is 59.1 Å². The number of pyridine rings is 1. The van der Waals surface area contributed by atoms with Crippen LogP contribution < -0.4 is 24.4 Å². The van der Waals surface area contributed by atoms with Crippen LogP contribution in [0.3, 0.4) is 0 Å². The van der Waals surface area contributed by atoms with E-state index < -0.39 is 0 Å². The normalized spacial score (nSPS) is 17.4. The highest BCUT2D eigenvalue weighted by Crippen LogP contribution is 2.49. The van der Waals surface area contributed by atoms with Crippen LogP contribution in [0.5, 0.6) is 17.2 Å². The highest BCUT2D eigenvalue weighted by atomic mass is 16.5. The van der Waals surface area contributed by atoms with Crippen LogP contribution in [0.1, 0.15) is 97.7 Å². The molecule has 1 aliphatic carbocycles. The molecule has 1 aromatic heterocycles. The van der Waals surface area contributed by atoms with Crippen molar-refractivity contribution in [1.29, 1.82) is 0 Å². The van der Waals surface area contributed by atoms with E-state index in [-0.39, 0.29) is 6.04 Å². The Labute approximate surface area is 329 Å². The van der Waals surface area contributed by atoms with Crippen molar-refractivity contribution in [3.63, 3.8) is 0 Å². The van der Waals surface area contributed by atoms with Crippen molar-refractivity contribution in [2.45, 2.75) is 96.7 Å². The molecule has 1 unspecified atom stereocenters. The van der Waals surface area contributed by atoms with Gasteiger partial charge in [-0.25, -0.2) is 0 Å². The van der Waals surface area contributed by atoms with Crippen molar-refractivity contribution in [3.05, 3.63) is 124 Å². The number of aryl methyl sites for hydroxylation is 2. The number of hydrogen-bond donors (Lipinski definition) is 1. The van der Waals surface area contributed by atoms with Gasteiger partial charge in [0.2, 0.25) is 0 Å². The molecule has 2 aliphatic heterocycles. The third-order valence-corrected chi connectivity index (χ3v) is 11.7. The number of anilines is 1. The van der Waals surface area contributed by atoms with E-state index in [1.165, 1.54) is 57.5 Å². The summed E-state index contributed by atoms with van der Waals surface area (Å²) in [6, 6.07) is 21.0. The molecule has 7 rings (SSSR count). The lowest BCUT2D eigenvalue weighted by Crippen LogP contribution is -2.45. The lowest BCUT2D eigenvalue weighted by Gasteiger charge is -2.40. The molecule has 55 heavy (non-hydrogen) atoms. The molecule has 0 bridgehead atoms. The Kier molecular flexibility index (Phi) is 12.5. The summed E-state index contributed by atoms with van der Waals surface area (Å²) in [5.74, 6) is 3.22. The average molecular weight is 741 g/mol. The first-order valence-electron chi connectivity index (χ1n) is 20.5. The number of nitrogens with zero attached hydrogens (tertiary/aromatic N) is 3. The molecule has 7 heteroatoms. The Morgan fingerprint density at radius 3 is 2.27 bits per heavy atom. The van der Waals surface area contributed by atoms with Crippen LogP contribution >= 0.6 is 0 Å². The summed E-state index contributed by atoms with van der Waals surface area (Å²) < 4.78 is 17.5. The zero-order valence-corrected chi connectivity index (χ0v) is 33.9. The smallest absolute Gasteiger partial charge is 0.164 e. The second-order valence-corrected chi connectivity index (χ2v) is 15.7. The quantitative estimate of drug-likeness (QED) is 0.123. The fourth-order valence-electron chi connectivity index (χ4n) is 8.59. The number of rotatable bonds is 16. The Morgan fingerprint density at radius 2 is 1.58 bits per heavy atom. The van der Waals surface area contributed by atoms with Gasteiger partial charge in [0.1, 0.15) is 5.75 Å². The summed E-state index contributed by atoms with van der Waals surface area (Å²) in [6.07, 6.45) is 19.8. The second kappa shape index (κ2) is 17.8. The van der Waals surface area contributed by atoms with Gasteiger partial charge in [0.25, 0.3) is 0 Å². The highest BCUT2D eigenvalue weighted by molar-refractivity contribution is 5.70. The number of piperidine rings is 1. The zero-order chi connectivity index (χ0) is 38.3. The fourth-order valence-corrected chi connectivity index (χ4v) is 8.59. The molecular formula is C48H60N4O3.